The van der Waals surface area contributed by atoms with Gasteiger partial charge in [-0.1, -0.05) is 164 Å². The lowest BCUT2D eigenvalue weighted by Gasteiger charge is -2.25. The molecule has 62 heavy (non-hydrogen) atoms. The average molecular weight is 793 g/mol. The van der Waals surface area contributed by atoms with Crippen LogP contribution in [-0.4, -0.2) is 14.5 Å². The number of nitrogens with zero attached hydrogens (tertiary/aromatic N) is 4. The minimum absolute atomic E-state index is 0.282. The van der Waals surface area contributed by atoms with E-state index >= 15 is 0 Å². The Balaban J connectivity index is 0.891. The summed E-state index contributed by atoms with van der Waals surface area (Å²) < 4.78 is 2.39. The summed E-state index contributed by atoms with van der Waals surface area (Å²) in [6.45, 7) is 0. The number of para-hydroxylation sites is 2. The quantitative estimate of drug-likeness (QED) is 0.161. The second-order valence-electron chi connectivity index (χ2n) is 16.2. The number of hydrogen-bond acceptors (Lipinski definition) is 3. The highest BCUT2D eigenvalue weighted by molar-refractivity contribution is 6.10. The molecule has 292 valence electrons. The van der Waals surface area contributed by atoms with Crippen LogP contribution in [0.4, 0.5) is 11.4 Å². The summed E-state index contributed by atoms with van der Waals surface area (Å²) in [7, 11) is 0. The third kappa shape index (κ3) is 6.15. The minimum Gasteiger partial charge on any atom is -0.313 e. The molecule has 0 fully saturated rings. The van der Waals surface area contributed by atoms with Gasteiger partial charge in [0.05, 0.1) is 22.4 Å². The van der Waals surface area contributed by atoms with E-state index in [2.05, 4.69) is 210 Å². The Bertz CT molecular complexity index is 3310. The monoisotopic (exact) mass is 792 g/mol. The van der Waals surface area contributed by atoms with Gasteiger partial charge >= 0.3 is 0 Å². The smallest absolute Gasteiger partial charge is 0.160 e. The van der Waals surface area contributed by atoms with Gasteiger partial charge in [0, 0.05) is 56.1 Å². The zero-order valence-corrected chi connectivity index (χ0v) is 33.9. The summed E-state index contributed by atoms with van der Waals surface area (Å²) in [5.74, 6) is 1.00. The molecule has 0 bridgehead atoms. The highest BCUT2D eigenvalue weighted by Crippen LogP contribution is 2.52. The largest absolute Gasteiger partial charge is 0.313 e. The fourth-order valence-electron chi connectivity index (χ4n) is 9.51. The van der Waals surface area contributed by atoms with Gasteiger partial charge in [0.25, 0.3) is 0 Å². The molecule has 4 nitrogen and oxygen atoms in total. The second-order valence-corrected chi connectivity index (χ2v) is 16.2. The summed E-state index contributed by atoms with van der Waals surface area (Å²) >= 11 is 0. The molecule has 8 aromatic carbocycles. The first-order valence-electron chi connectivity index (χ1n) is 21.3. The second kappa shape index (κ2) is 14.9. The van der Waals surface area contributed by atoms with Crippen LogP contribution in [0.3, 0.4) is 0 Å². The number of allylic oxidation sites excluding steroid dienone is 4. The highest BCUT2D eigenvalue weighted by atomic mass is 15.2. The lowest BCUT2D eigenvalue weighted by atomic mass is 9.90. The maximum atomic E-state index is 5.06. The molecule has 0 N–H and O–H groups in total. The maximum absolute atomic E-state index is 5.06. The van der Waals surface area contributed by atoms with Gasteiger partial charge < -0.3 is 9.47 Å². The first-order chi connectivity index (χ1) is 30.7. The van der Waals surface area contributed by atoms with Gasteiger partial charge in [-0.3, -0.25) is 0 Å². The van der Waals surface area contributed by atoms with Crippen molar-refractivity contribution in [2.45, 2.75) is 12.3 Å². The van der Waals surface area contributed by atoms with Crippen LogP contribution in [0, 0.1) is 0 Å². The zero-order valence-electron chi connectivity index (χ0n) is 33.9. The van der Waals surface area contributed by atoms with Crippen molar-refractivity contribution >= 4 is 33.2 Å². The number of benzene rings is 8. The van der Waals surface area contributed by atoms with Crippen molar-refractivity contribution in [1.82, 2.24) is 14.5 Å². The Morgan fingerprint density at radius 2 is 1.00 bits per heavy atom. The topological polar surface area (TPSA) is 34.0 Å². The molecule has 1 atom stereocenters. The molecule has 4 heteroatoms. The van der Waals surface area contributed by atoms with Crippen molar-refractivity contribution in [3.8, 4) is 61.8 Å². The summed E-state index contributed by atoms with van der Waals surface area (Å²) in [4.78, 5) is 12.5. The van der Waals surface area contributed by atoms with Gasteiger partial charge in [0.1, 0.15) is 0 Å². The van der Waals surface area contributed by atoms with E-state index in [4.69, 9.17) is 9.97 Å². The average Bonchev–Trinajstić information content (AvgIpc) is 3.87. The van der Waals surface area contributed by atoms with E-state index in [1.54, 1.807) is 0 Å². The van der Waals surface area contributed by atoms with Crippen molar-refractivity contribution in [3.63, 3.8) is 0 Å². The Kier molecular flexibility index (Phi) is 8.60. The van der Waals surface area contributed by atoms with Crippen LogP contribution in [-0.2, 0) is 0 Å². The molecule has 0 spiro atoms. The summed E-state index contributed by atoms with van der Waals surface area (Å²) in [6.07, 6.45) is 7.79. The molecule has 2 aliphatic rings. The van der Waals surface area contributed by atoms with Crippen molar-refractivity contribution in [3.05, 3.63) is 236 Å². The van der Waals surface area contributed by atoms with Gasteiger partial charge in [-0.15, -0.1) is 0 Å². The van der Waals surface area contributed by atoms with E-state index in [1.165, 1.54) is 66.7 Å². The van der Waals surface area contributed by atoms with Gasteiger partial charge in [-0.2, -0.15) is 0 Å². The Morgan fingerprint density at radius 1 is 0.419 bits per heavy atom. The van der Waals surface area contributed by atoms with E-state index < -0.39 is 0 Å². The van der Waals surface area contributed by atoms with Gasteiger partial charge in [-0.25, -0.2) is 9.97 Å². The van der Waals surface area contributed by atoms with Crippen molar-refractivity contribution in [2.24, 2.45) is 0 Å². The Morgan fingerprint density at radius 3 is 1.79 bits per heavy atom. The van der Waals surface area contributed by atoms with Gasteiger partial charge in [0.15, 0.2) is 5.82 Å². The minimum atomic E-state index is 0.282. The van der Waals surface area contributed by atoms with Crippen LogP contribution in [0.2, 0.25) is 0 Å². The molecule has 2 aromatic heterocycles. The predicted molar refractivity (Wildman–Crippen MR) is 257 cm³/mol. The van der Waals surface area contributed by atoms with Crippen LogP contribution >= 0.6 is 0 Å². The van der Waals surface area contributed by atoms with Crippen LogP contribution in [0.5, 0.6) is 0 Å². The summed E-state index contributed by atoms with van der Waals surface area (Å²) in [5, 5.41) is 2.52. The normalized spacial score (nSPS) is 14.2. The van der Waals surface area contributed by atoms with Crippen LogP contribution in [0.1, 0.15) is 17.9 Å². The van der Waals surface area contributed by atoms with E-state index in [0.29, 0.717) is 0 Å². The van der Waals surface area contributed by atoms with E-state index in [0.717, 1.165) is 46.0 Å². The third-order valence-corrected chi connectivity index (χ3v) is 12.5. The molecule has 0 amide bonds. The standard InChI is InChI=1S/C58H40N4/c1-4-15-40(16-5-1)52-38-53(60-58(59-52)42-17-6-2-7-18-42)41-29-27-39(28-30-41)44-32-34-56-51(36-44)49-24-11-13-26-55(49)62(56)47-22-14-19-43(35-47)45-31-33-50-48-23-10-12-25-54(48)61(57(50)37-45)46-20-8-3-9-21-46/h1-23,25-38,49H,24H2. The molecular formula is C58H40N4. The van der Waals surface area contributed by atoms with Crippen LogP contribution < -0.4 is 4.90 Å². The molecule has 1 aliphatic heterocycles. The van der Waals surface area contributed by atoms with Crippen molar-refractivity contribution < 1.29 is 0 Å². The molecule has 0 saturated heterocycles. The summed E-state index contributed by atoms with van der Waals surface area (Å²) in [6, 6.07) is 73.9. The SMILES string of the molecule is C1=CCC2C(=C1)N(c1cccc(-c3ccc4c5ccccc5n(-c5ccccc5)c4c3)c1)c1ccc(-c3ccc(-c4cc(-c5ccccc5)nc(-c5ccccc5)n4)cc3)cc12. The van der Waals surface area contributed by atoms with Crippen molar-refractivity contribution in [1.29, 1.82) is 0 Å². The molecule has 0 saturated carbocycles. The highest BCUT2D eigenvalue weighted by Gasteiger charge is 2.35. The lowest BCUT2D eigenvalue weighted by molar-refractivity contribution is 0.820. The molecule has 0 radical (unpaired) electrons. The fourth-order valence-corrected chi connectivity index (χ4v) is 9.51. The maximum Gasteiger partial charge on any atom is 0.160 e. The van der Waals surface area contributed by atoms with Crippen molar-refractivity contribution in [2.75, 3.05) is 4.90 Å². The number of rotatable bonds is 7. The van der Waals surface area contributed by atoms with Gasteiger partial charge in [0.2, 0.25) is 0 Å². The molecule has 10 aromatic rings. The lowest BCUT2D eigenvalue weighted by Crippen LogP contribution is -2.14. The number of fused-ring (bicyclic) bond motifs is 6. The van der Waals surface area contributed by atoms with E-state index in [9.17, 15) is 0 Å². The number of aromatic nitrogens is 3. The van der Waals surface area contributed by atoms with Gasteiger partial charge in [-0.05, 0) is 94.9 Å². The van der Waals surface area contributed by atoms with E-state index in [-0.39, 0.29) is 5.92 Å². The molecule has 1 unspecified atom stereocenters. The molecular weight excluding hydrogens is 753 g/mol. The fraction of sp³-hybridized carbons (Fsp3) is 0.0345. The third-order valence-electron chi connectivity index (χ3n) is 12.5. The number of anilines is 2. The van der Waals surface area contributed by atoms with Crippen LogP contribution in [0.15, 0.2) is 230 Å². The Labute approximate surface area is 361 Å². The Hall–Kier alpha value is -8.08. The molecule has 12 rings (SSSR count). The number of hydrogen-bond donors (Lipinski definition) is 0. The first kappa shape index (κ1) is 35.8. The van der Waals surface area contributed by atoms with E-state index in [1.807, 2.05) is 24.3 Å². The molecule has 3 heterocycles. The predicted octanol–water partition coefficient (Wildman–Crippen LogP) is 15.0. The molecule has 1 aliphatic carbocycles. The van der Waals surface area contributed by atoms with Crippen LogP contribution in [0.25, 0.3) is 83.6 Å². The first-order valence-corrected chi connectivity index (χ1v) is 21.3. The zero-order chi connectivity index (χ0) is 41.0. The summed E-state index contributed by atoms with van der Waals surface area (Å²) in [5.41, 5.74) is 18.4.